The summed E-state index contributed by atoms with van der Waals surface area (Å²) in [4.78, 5) is 26.1. The highest BCUT2D eigenvalue weighted by Crippen LogP contribution is 2.26. The Kier molecular flexibility index (Phi) is 6.09. The average molecular weight is 379 g/mol. The topological polar surface area (TPSA) is 49.4 Å². The zero-order valence-electron chi connectivity index (χ0n) is 14.6. The molecule has 0 spiro atoms. The molecule has 0 aliphatic rings. The molecule has 2 amide bonds. The fourth-order valence-electron chi connectivity index (χ4n) is 2.72. The van der Waals surface area contributed by atoms with Crippen LogP contribution < -0.4 is 5.32 Å². The van der Waals surface area contributed by atoms with Crippen molar-refractivity contribution >= 4 is 40.7 Å². The van der Waals surface area contributed by atoms with Crippen LogP contribution in [0.5, 0.6) is 0 Å². The molecule has 0 heterocycles. The average Bonchev–Trinajstić information content (AvgIpc) is 2.52. The van der Waals surface area contributed by atoms with E-state index in [0.29, 0.717) is 5.02 Å². The van der Waals surface area contributed by atoms with Crippen molar-refractivity contribution in [2.75, 3.05) is 18.9 Å². The van der Waals surface area contributed by atoms with Crippen molar-refractivity contribution in [3.8, 4) is 0 Å². The molecule has 0 atom stereocenters. The highest BCUT2D eigenvalue weighted by atomic mass is 35.5. The summed E-state index contributed by atoms with van der Waals surface area (Å²) >= 11 is 12.0. The van der Waals surface area contributed by atoms with E-state index >= 15 is 0 Å². The fourth-order valence-corrected chi connectivity index (χ4v) is 3.10. The van der Waals surface area contributed by atoms with Gasteiger partial charge in [0.15, 0.2) is 0 Å². The number of carbonyl (C=O) groups excluding carboxylic acids is 2. The molecule has 0 aliphatic heterocycles. The van der Waals surface area contributed by atoms with Crippen LogP contribution in [0.25, 0.3) is 0 Å². The van der Waals surface area contributed by atoms with Crippen LogP contribution in [-0.2, 0) is 4.79 Å². The van der Waals surface area contributed by atoms with Crippen LogP contribution in [0.15, 0.2) is 30.3 Å². The molecule has 4 nitrogen and oxygen atoms in total. The third-order valence-electron chi connectivity index (χ3n) is 3.85. The number of aryl methyl sites for hydroxylation is 3. The first-order valence-electron chi connectivity index (χ1n) is 7.78. The first-order chi connectivity index (χ1) is 11.7. The van der Waals surface area contributed by atoms with E-state index in [2.05, 4.69) is 5.32 Å². The SMILES string of the molecule is Cc1cc(C)c(NC(=O)CN(C)C(=O)c2cccc(Cl)c2Cl)c(C)c1. The summed E-state index contributed by atoms with van der Waals surface area (Å²) in [5, 5.41) is 3.37. The molecule has 0 fully saturated rings. The van der Waals surface area contributed by atoms with Gasteiger partial charge in [0, 0.05) is 12.7 Å². The number of halogens is 2. The lowest BCUT2D eigenvalue weighted by atomic mass is 10.1. The minimum atomic E-state index is -0.361. The van der Waals surface area contributed by atoms with E-state index in [1.165, 1.54) is 4.90 Å². The van der Waals surface area contributed by atoms with Gasteiger partial charge < -0.3 is 10.2 Å². The molecule has 6 heteroatoms. The molecule has 0 radical (unpaired) electrons. The molecule has 2 aromatic carbocycles. The molecule has 132 valence electrons. The molecule has 2 aromatic rings. The highest BCUT2D eigenvalue weighted by molar-refractivity contribution is 6.43. The van der Waals surface area contributed by atoms with Crippen molar-refractivity contribution in [1.29, 1.82) is 0 Å². The molecule has 25 heavy (non-hydrogen) atoms. The summed E-state index contributed by atoms with van der Waals surface area (Å²) in [5.41, 5.74) is 4.15. The maximum absolute atomic E-state index is 12.5. The van der Waals surface area contributed by atoms with Crippen molar-refractivity contribution in [2.24, 2.45) is 0 Å². The minimum absolute atomic E-state index is 0.0889. The summed E-state index contributed by atoms with van der Waals surface area (Å²) in [5.74, 6) is -0.635. The van der Waals surface area contributed by atoms with Gasteiger partial charge >= 0.3 is 0 Å². The Morgan fingerprint density at radius 2 is 1.68 bits per heavy atom. The lowest BCUT2D eigenvalue weighted by molar-refractivity contribution is -0.116. The van der Waals surface area contributed by atoms with Crippen LogP contribution in [0.3, 0.4) is 0 Å². The summed E-state index contributed by atoms with van der Waals surface area (Å²) in [7, 11) is 1.55. The molecule has 2 rings (SSSR count). The lowest BCUT2D eigenvalue weighted by Crippen LogP contribution is -2.35. The van der Waals surface area contributed by atoms with Crippen molar-refractivity contribution < 1.29 is 9.59 Å². The molecule has 0 unspecified atom stereocenters. The molecule has 0 saturated carbocycles. The molecule has 1 N–H and O–H groups in total. The van der Waals surface area contributed by atoms with Crippen molar-refractivity contribution in [1.82, 2.24) is 4.90 Å². The van der Waals surface area contributed by atoms with Gasteiger partial charge in [0.1, 0.15) is 0 Å². The van der Waals surface area contributed by atoms with E-state index < -0.39 is 0 Å². The summed E-state index contributed by atoms with van der Waals surface area (Å²) in [6.45, 7) is 5.80. The standard InChI is InChI=1S/C19H20Cl2N2O2/c1-11-8-12(2)18(13(3)9-11)22-16(24)10-23(4)19(25)14-6-5-7-15(20)17(14)21/h5-9H,10H2,1-4H3,(H,22,24). The van der Waals surface area contributed by atoms with Crippen LogP contribution in [0.2, 0.25) is 10.0 Å². The van der Waals surface area contributed by atoms with Gasteiger partial charge in [-0.05, 0) is 44.0 Å². The summed E-state index contributed by atoms with van der Waals surface area (Å²) < 4.78 is 0. The second kappa shape index (κ2) is 7.89. The first kappa shape index (κ1) is 19.3. The third kappa shape index (κ3) is 4.53. The minimum Gasteiger partial charge on any atom is -0.332 e. The summed E-state index contributed by atoms with van der Waals surface area (Å²) in [6.07, 6.45) is 0. The van der Waals surface area contributed by atoms with Gasteiger partial charge in [-0.1, -0.05) is 47.0 Å². The van der Waals surface area contributed by atoms with Crippen molar-refractivity contribution in [3.63, 3.8) is 0 Å². The van der Waals surface area contributed by atoms with Crippen molar-refractivity contribution in [3.05, 3.63) is 62.6 Å². The Morgan fingerprint density at radius 3 is 2.28 bits per heavy atom. The zero-order valence-corrected chi connectivity index (χ0v) is 16.1. The molecular weight excluding hydrogens is 359 g/mol. The maximum Gasteiger partial charge on any atom is 0.255 e. The van der Waals surface area contributed by atoms with E-state index in [4.69, 9.17) is 23.2 Å². The number of benzene rings is 2. The van der Waals surface area contributed by atoms with Crippen molar-refractivity contribution in [2.45, 2.75) is 20.8 Å². The number of amides is 2. The first-order valence-corrected chi connectivity index (χ1v) is 8.53. The van der Waals surface area contributed by atoms with Gasteiger partial charge in [-0.3, -0.25) is 9.59 Å². The Balaban J connectivity index is 2.10. The highest BCUT2D eigenvalue weighted by Gasteiger charge is 2.19. The second-order valence-electron chi connectivity index (χ2n) is 6.08. The molecule has 0 bridgehead atoms. The molecule has 0 aliphatic carbocycles. The largest absolute Gasteiger partial charge is 0.332 e. The van der Waals surface area contributed by atoms with Gasteiger partial charge in [-0.25, -0.2) is 0 Å². The van der Waals surface area contributed by atoms with Gasteiger partial charge in [-0.2, -0.15) is 0 Å². The Morgan fingerprint density at radius 1 is 1.08 bits per heavy atom. The van der Waals surface area contributed by atoms with Crippen LogP contribution in [0, 0.1) is 20.8 Å². The number of rotatable bonds is 4. The Labute approximate surface area is 157 Å². The molecule has 0 aromatic heterocycles. The van der Waals surface area contributed by atoms with Crippen LogP contribution in [0.1, 0.15) is 27.0 Å². The third-order valence-corrected chi connectivity index (χ3v) is 4.67. The summed E-state index contributed by atoms with van der Waals surface area (Å²) in [6, 6.07) is 8.84. The number of nitrogens with one attached hydrogen (secondary N) is 1. The quantitative estimate of drug-likeness (QED) is 0.842. The normalized spacial score (nSPS) is 10.5. The number of nitrogens with zero attached hydrogens (tertiary/aromatic N) is 1. The number of anilines is 1. The maximum atomic E-state index is 12.5. The van der Waals surface area contributed by atoms with Gasteiger partial charge in [0.05, 0.1) is 22.2 Å². The predicted molar refractivity (Wildman–Crippen MR) is 103 cm³/mol. The van der Waals surface area contributed by atoms with Gasteiger partial charge in [0.25, 0.3) is 5.91 Å². The van der Waals surface area contributed by atoms with E-state index in [-0.39, 0.29) is 28.9 Å². The molecule has 0 saturated heterocycles. The fraction of sp³-hybridized carbons (Fsp3) is 0.263. The number of carbonyl (C=O) groups is 2. The second-order valence-corrected chi connectivity index (χ2v) is 6.87. The van der Waals surface area contributed by atoms with Crippen LogP contribution >= 0.6 is 23.2 Å². The van der Waals surface area contributed by atoms with Crippen LogP contribution in [-0.4, -0.2) is 30.3 Å². The Hall–Kier alpha value is -2.04. The lowest BCUT2D eigenvalue weighted by Gasteiger charge is -2.19. The van der Waals surface area contributed by atoms with E-state index in [1.54, 1.807) is 25.2 Å². The zero-order chi connectivity index (χ0) is 18.7. The van der Waals surface area contributed by atoms with E-state index in [9.17, 15) is 9.59 Å². The van der Waals surface area contributed by atoms with Gasteiger partial charge in [-0.15, -0.1) is 0 Å². The van der Waals surface area contributed by atoms with Gasteiger partial charge in [0.2, 0.25) is 5.91 Å². The smallest absolute Gasteiger partial charge is 0.255 e. The number of hydrogen-bond acceptors (Lipinski definition) is 2. The predicted octanol–water partition coefficient (Wildman–Crippen LogP) is 4.63. The number of hydrogen-bond donors (Lipinski definition) is 1. The Bertz CT molecular complexity index is 811. The van der Waals surface area contributed by atoms with Crippen LogP contribution in [0.4, 0.5) is 5.69 Å². The molecular formula is C19H20Cl2N2O2. The number of likely N-dealkylation sites (N-methyl/N-ethyl adjacent to an activating group) is 1. The van der Waals surface area contributed by atoms with E-state index in [1.807, 2.05) is 32.9 Å². The van der Waals surface area contributed by atoms with E-state index in [0.717, 1.165) is 22.4 Å². The monoisotopic (exact) mass is 378 g/mol.